The smallest absolute Gasteiger partial charge is 0.305 e. The van der Waals surface area contributed by atoms with Crippen molar-refractivity contribution in [3.8, 4) is 17.6 Å². The Labute approximate surface area is 178 Å². The molecule has 5 unspecified atom stereocenters. The predicted molar refractivity (Wildman–Crippen MR) is 114 cm³/mol. The molecule has 3 rings (SSSR count). The molecule has 1 aliphatic carbocycles. The Balaban J connectivity index is 1.73. The number of hydrogen-bond acceptors (Lipinski definition) is 5. The van der Waals surface area contributed by atoms with Crippen LogP contribution in [0, 0.1) is 23.7 Å². The summed E-state index contributed by atoms with van der Waals surface area (Å²) in [5, 5.41) is 10.6. The Kier molecular flexibility index (Phi) is 7.33. The Morgan fingerprint density at radius 1 is 1.40 bits per heavy atom. The first-order valence-electron chi connectivity index (χ1n) is 10.6. The molecule has 5 nitrogen and oxygen atoms in total. The van der Waals surface area contributed by atoms with Gasteiger partial charge in [-0.05, 0) is 31.4 Å². The van der Waals surface area contributed by atoms with Gasteiger partial charge in [-0.3, -0.25) is 9.59 Å². The summed E-state index contributed by atoms with van der Waals surface area (Å²) in [6.45, 7) is 3.64. The Morgan fingerprint density at radius 2 is 2.20 bits per heavy atom. The van der Waals surface area contributed by atoms with Gasteiger partial charge in [0.1, 0.15) is 11.9 Å². The summed E-state index contributed by atoms with van der Waals surface area (Å²) in [5.41, 5.74) is 2.16. The van der Waals surface area contributed by atoms with Gasteiger partial charge in [0.15, 0.2) is 5.78 Å². The molecule has 5 heteroatoms. The number of aliphatic hydroxyl groups is 1. The lowest BCUT2D eigenvalue weighted by Crippen LogP contribution is -2.17. The van der Waals surface area contributed by atoms with Crippen LogP contribution >= 0.6 is 0 Å². The van der Waals surface area contributed by atoms with Crippen molar-refractivity contribution in [3.63, 3.8) is 0 Å². The second-order valence-electron chi connectivity index (χ2n) is 8.12. The minimum atomic E-state index is -0.536. The number of aryl methyl sites for hydroxylation is 1. The monoisotopic (exact) mass is 410 g/mol. The molecule has 1 fully saturated rings. The molecule has 1 saturated carbocycles. The van der Waals surface area contributed by atoms with E-state index in [4.69, 9.17) is 9.47 Å². The fourth-order valence-electron chi connectivity index (χ4n) is 4.42. The van der Waals surface area contributed by atoms with Gasteiger partial charge >= 0.3 is 5.97 Å². The van der Waals surface area contributed by atoms with Crippen molar-refractivity contribution in [1.82, 2.24) is 0 Å². The molecule has 0 bridgehead atoms. The van der Waals surface area contributed by atoms with E-state index in [1.165, 1.54) is 7.11 Å². The molecule has 1 aromatic carbocycles. The minimum absolute atomic E-state index is 0.0316. The maximum atomic E-state index is 12.4. The molecule has 1 aromatic rings. The van der Waals surface area contributed by atoms with Crippen molar-refractivity contribution in [2.45, 2.75) is 64.1 Å². The van der Waals surface area contributed by atoms with Crippen molar-refractivity contribution in [3.05, 3.63) is 41.5 Å². The van der Waals surface area contributed by atoms with Crippen LogP contribution in [-0.2, 0) is 20.7 Å². The molecule has 160 valence electrons. The number of carbonyl (C=O) groups is 2. The Hall–Kier alpha value is -2.58. The van der Waals surface area contributed by atoms with Crippen LogP contribution in [0.15, 0.2) is 30.4 Å². The highest BCUT2D eigenvalue weighted by Crippen LogP contribution is 2.52. The highest BCUT2D eigenvalue weighted by molar-refractivity contribution is 5.91. The van der Waals surface area contributed by atoms with Crippen LogP contribution in [0.3, 0.4) is 0 Å². The summed E-state index contributed by atoms with van der Waals surface area (Å²) < 4.78 is 11.0. The van der Waals surface area contributed by atoms with Crippen LogP contribution in [0.4, 0.5) is 0 Å². The van der Waals surface area contributed by atoms with Gasteiger partial charge in [-0.15, -0.1) is 11.8 Å². The van der Waals surface area contributed by atoms with Crippen LogP contribution in [0.1, 0.15) is 56.6 Å². The number of esters is 1. The van der Waals surface area contributed by atoms with Gasteiger partial charge in [0.2, 0.25) is 0 Å². The third kappa shape index (κ3) is 4.76. The number of hydrogen-bond donors (Lipinski definition) is 1. The summed E-state index contributed by atoms with van der Waals surface area (Å²) in [6.07, 6.45) is 5.72. The van der Waals surface area contributed by atoms with E-state index in [0.29, 0.717) is 25.7 Å². The number of ether oxygens (including phenoxy) is 2. The van der Waals surface area contributed by atoms with Crippen molar-refractivity contribution in [1.29, 1.82) is 0 Å². The maximum absolute atomic E-state index is 12.4. The first kappa shape index (κ1) is 22.1. The van der Waals surface area contributed by atoms with E-state index in [2.05, 4.69) is 11.8 Å². The lowest BCUT2D eigenvalue weighted by molar-refractivity contribution is -0.140. The van der Waals surface area contributed by atoms with Gasteiger partial charge in [0.25, 0.3) is 0 Å². The second kappa shape index (κ2) is 9.95. The molecule has 0 radical (unpaired) electrons. The lowest BCUT2D eigenvalue weighted by atomic mass is 9.86. The fraction of sp³-hybridized carbons (Fsp3) is 0.520. The third-order valence-corrected chi connectivity index (χ3v) is 6.10. The summed E-state index contributed by atoms with van der Waals surface area (Å²) >= 11 is 0. The molecule has 1 N–H and O–H groups in total. The van der Waals surface area contributed by atoms with Crippen molar-refractivity contribution in [2.75, 3.05) is 7.11 Å². The van der Waals surface area contributed by atoms with Crippen molar-refractivity contribution >= 4 is 11.8 Å². The number of benzene rings is 1. The molecular weight excluding hydrogens is 380 g/mol. The number of rotatable bonds is 8. The molecule has 0 spiro atoms. The third-order valence-electron chi connectivity index (χ3n) is 6.10. The van der Waals surface area contributed by atoms with Crippen LogP contribution in [0.25, 0.3) is 0 Å². The predicted octanol–water partition coefficient (Wildman–Crippen LogP) is 3.58. The Bertz CT molecular complexity index is 875. The quantitative estimate of drug-likeness (QED) is 0.403. The van der Waals surface area contributed by atoms with Gasteiger partial charge in [-0.25, -0.2) is 0 Å². The second-order valence-corrected chi connectivity index (χ2v) is 8.12. The average molecular weight is 411 g/mol. The van der Waals surface area contributed by atoms with Crippen LogP contribution in [0.5, 0.6) is 5.75 Å². The molecule has 1 heterocycles. The normalized spacial score (nSPS) is 25.1. The first-order valence-corrected chi connectivity index (χ1v) is 10.6. The van der Waals surface area contributed by atoms with Gasteiger partial charge in [-0.1, -0.05) is 31.2 Å². The molecule has 2 aliphatic rings. The number of aliphatic hydroxyl groups excluding tert-OH is 1. The number of allylic oxidation sites excluding steroid dienone is 1. The van der Waals surface area contributed by atoms with E-state index >= 15 is 0 Å². The first-order chi connectivity index (χ1) is 14.5. The number of ketones is 1. The van der Waals surface area contributed by atoms with E-state index in [-0.39, 0.29) is 35.6 Å². The van der Waals surface area contributed by atoms with Crippen LogP contribution in [0.2, 0.25) is 0 Å². The SMILES string of the molecule is CC#CCC(C)C(=O)C=CC1C(O)CC2Oc3c(CCCC(=O)OC)cccc3C21. The maximum Gasteiger partial charge on any atom is 0.305 e. The summed E-state index contributed by atoms with van der Waals surface area (Å²) in [6, 6.07) is 6.07. The van der Waals surface area contributed by atoms with Gasteiger partial charge in [-0.2, -0.15) is 0 Å². The van der Waals surface area contributed by atoms with E-state index < -0.39 is 6.10 Å². The number of para-hydroxylation sites is 1. The zero-order valence-electron chi connectivity index (χ0n) is 17.9. The van der Waals surface area contributed by atoms with E-state index in [1.54, 1.807) is 13.0 Å². The zero-order valence-corrected chi connectivity index (χ0v) is 17.9. The van der Waals surface area contributed by atoms with Crippen molar-refractivity contribution < 1.29 is 24.2 Å². The molecule has 5 atom stereocenters. The van der Waals surface area contributed by atoms with Gasteiger partial charge < -0.3 is 14.6 Å². The van der Waals surface area contributed by atoms with Gasteiger partial charge in [0.05, 0.1) is 13.2 Å². The zero-order chi connectivity index (χ0) is 21.7. The topological polar surface area (TPSA) is 72.8 Å². The minimum Gasteiger partial charge on any atom is -0.489 e. The summed E-state index contributed by atoms with van der Waals surface area (Å²) in [5.74, 6) is 6.18. The summed E-state index contributed by atoms with van der Waals surface area (Å²) in [7, 11) is 1.40. The Morgan fingerprint density at radius 3 is 2.93 bits per heavy atom. The highest BCUT2D eigenvalue weighted by Gasteiger charge is 2.48. The summed E-state index contributed by atoms with van der Waals surface area (Å²) in [4.78, 5) is 23.8. The van der Waals surface area contributed by atoms with Crippen molar-refractivity contribution in [2.24, 2.45) is 11.8 Å². The molecule has 0 aromatic heterocycles. The molecular formula is C25H30O5. The fourth-order valence-corrected chi connectivity index (χ4v) is 4.42. The number of methoxy groups -OCH3 is 1. The highest BCUT2D eigenvalue weighted by atomic mass is 16.5. The largest absolute Gasteiger partial charge is 0.489 e. The standard InChI is InChI=1S/C25H30O5/c1-4-5-8-16(2)20(26)14-13-18-21(27)15-22-24(18)19-11-6-9-17(25(19)30-22)10-7-12-23(28)29-3/h6,9,11,13-14,16,18,21-22,24,27H,7-8,10,12,15H2,1-3H3. The lowest BCUT2D eigenvalue weighted by Gasteiger charge is -2.17. The molecule has 0 amide bonds. The van der Waals surface area contributed by atoms with Crippen LogP contribution < -0.4 is 4.74 Å². The van der Waals surface area contributed by atoms with E-state index in [1.807, 2.05) is 31.2 Å². The molecule has 1 aliphatic heterocycles. The van der Waals surface area contributed by atoms with E-state index in [9.17, 15) is 14.7 Å². The number of carbonyl (C=O) groups excluding carboxylic acids is 2. The average Bonchev–Trinajstić information content (AvgIpc) is 3.25. The molecule has 30 heavy (non-hydrogen) atoms. The number of fused-ring (bicyclic) bond motifs is 3. The van der Waals surface area contributed by atoms with E-state index in [0.717, 1.165) is 23.3 Å². The van der Waals surface area contributed by atoms with Gasteiger partial charge in [0, 0.05) is 42.6 Å². The van der Waals surface area contributed by atoms with Crippen LogP contribution in [-0.4, -0.2) is 36.2 Å². The molecule has 0 saturated heterocycles.